The average Bonchev–Trinajstić information content (AvgIpc) is 3.56. The van der Waals surface area contributed by atoms with E-state index < -0.39 is 0 Å². The zero-order valence-corrected chi connectivity index (χ0v) is 19.8. The second-order valence-corrected chi connectivity index (χ2v) is 10.1. The summed E-state index contributed by atoms with van der Waals surface area (Å²) < 4.78 is 1.87. The highest BCUT2D eigenvalue weighted by molar-refractivity contribution is 8.00. The Bertz CT molecular complexity index is 1130. The van der Waals surface area contributed by atoms with Crippen molar-refractivity contribution in [3.8, 4) is 16.9 Å². The number of benzene rings is 2. The molecule has 5 rings (SSSR count). The second kappa shape index (κ2) is 10.3. The van der Waals surface area contributed by atoms with Crippen molar-refractivity contribution in [3.63, 3.8) is 0 Å². The number of urea groups is 1. The molecular weight excluding hydrogens is 446 g/mol. The molecule has 2 aliphatic rings. The molecule has 2 fully saturated rings. The van der Waals surface area contributed by atoms with Gasteiger partial charge in [0.05, 0.1) is 23.5 Å². The van der Waals surface area contributed by atoms with Crippen molar-refractivity contribution in [2.24, 2.45) is 0 Å². The van der Waals surface area contributed by atoms with Crippen LogP contribution in [0.25, 0.3) is 16.9 Å². The minimum Gasteiger partial charge on any atom is -0.352 e. The Kier molecular flexibility index (Phi) is 6.85. The average molecular weight is 476 g/mol. The first kappa shape index (κ1) is 22.5. The van der Waals surface area contributed by atoms with E-state index in [1.165, 1.54) is 0 Å². The van der Waals surface area contributed by atoms with Gasteiger partial charge in [-0.2, -0.15) is 16.9 Å². The molecule has 0 aliphatic carbocycles. The first-order valence-electron chi connectivity index (χ1n) is 11.8. The van der Waals surface area contributed by atoms with Gasteiger partial charge in [0.2, 0.25) is 5.91 Å². The zero-order chi connectivity index (χ0) is 23.3. The van der Waals surface area contributed by atoms with Crippen LogP contribution in [0.3, 0.4) is 0 Å². The molecule has 3 amide bonds. The zero-order valence-electron chi connectivity index (χ0n) is 18.9. The highest BCUT2D eigenvalue weighted by atomic mass is 32.2. The number of nitrogens with one attached hydrogen (secondary N) is 3. The predicted octanol–water partition coefficient (Wildman–Crippen LogP) is 3.88. The van der Waals surface area contributed by atoms with Crippen LogP contribution in [-0.4, -0.2) is 44.8 Å². The molecule has 0 radical (unpaired) electrons. The van der Waals surface area contributed by atoms with Gasteiger partial charge in [-0.05, 0) is 25.0 Å². The third-order valence-corrected chi connectivity index (χ3v) is 7.92. The predicted molar refractivity (Wildman–Crippen MR) is 135 cm³/mol. The molecule has 3 aromatic rings. The summed E-state index contributed by atoms with van der Waals surface area (Å²) in [4.78, 5) is 24.1. The largest absolute Gasteiger partial charge is 0.352 e. The molecule has 3 atom stereocenters. The molecule has 176 valence electrons. The van der Waals surface area contributed by atoms with Crippen LogP contribution in [-0.2, 0) is 11.3 Å². The van der Waals surface area contributed by atoms with Crippen LogP contribution in [0.2, 0.25) is 0 Å². The van der Waals surface area contributed by atoms with Gasteiger partial charge in [0, 0.05) is 41.3 Å². The van der Waals surface area contributed by atoms with E-state index in [4.69, 9.17) is 5.10 Å². The lowest BCUT2D eigenvalue weighted by atomic mass is 10.0. The van der Waals surface area contributed by atoms with E-state index in [1.807, 2.05) is 83.3 Å². The van der Waals surface area contributed by atoms with Crippen molar-refractivity contribution in [1.29, 1.82) is 0 Å². The van der Waals surface area contributed by atoms with E-state index >= 15 is 0 Å². The van der Waals surface area contributed by atoms with Crippen LogP contribution in [0.1, 0.15) is 31.2 Å². The summed E-state index contributed by atoms with van der Waals surface area (Å²) in [6.07, 6.45) is 5.34. The number of thioether (sulfide) groups is 1. The lowest BCUT2D eigenvalue weighted by Gasteiger charge is -2.16. The molecule has 0 saturated carbocycles. The van der Waals surface area contributed by atoms with Crippen molar-refractivity contribution in [3.05, 3.63) is 72.4 Å². The molecule has 8 heteroatoms. The van der Waals surface area contributed by atoms with Gasteiger partial charge < -0.3 is 16.0 Å². The Balaban J connectivity index is 1.15. The first-order chi connectivity index (χ1) is 16.7. The van der Waals surface area contributed by atoms with Crippen LogP contribution >= 0.6 is 11.8 Å². The first-order valence-corrected chi connectivity index (χ1v) is 12.9. The van der Waals surface area contributed by atoms with Crippen molar-refractivity contribution in [1.82, 2.24) is 25.7 Å². The maximum Gasteiger partial charge on any atom is 0.315 e. The van der Waals surface area contributed by atoms with Gasteiger partial charge in [-0.1, -0.05) is 55.0 Å². The number of rotatable bonds is 9. The van der Waals surface area contributed by atoms with E-state index in [1.54, 1.807) is 0 Å². The van der Waals surface area contributed by atoms with Crippen LogP contribution in [0.5, 0.6) is 0 Å². The van der Waals surface area contributed by atoms with E-state index in [-0.39, 0.29) is 24.0 Å². The third-order valence-electron chi connectivity index (χ3n) is 6.41. The van der Waals surface area contributed by atoms with Crippen molar-refractivity contribution in [2.45, 2.75) is 49.6 Å². The van der Waals surface area contributed by atoms with Crippen LogP contribution in [0.4, 0.5) is 4.79 Å². The molecule has 3 N–H and O–H groups in total. The van der Waals surface area contributed by atoms with Gasteiger partial charge >= 0.3 is 6.03 Å². The number of hydrogen-bond donors (Lipinski definition) is 3. The number of nitrogens with zero attached hydrogens (tertiary/aromatic N) is 2. The van der Waals surface area contributed by atoms with Crippen LogP contribution in [0, 0.1) is 0 Å². The monoisotopic (exact) mass is 475 g/mol. The summed E-state index contributed by atoms with van der Waals surface area (Å²) in [5, 5.41) is 14.3. The van der Waals surface area contributed by atoms with E-state index in [0.717, 1.165) is 47.5 Å². The fraction of sp³-hybridized carbons (Fsp3) is 0.346. The normalized spacial score (nSPS) is 21.1. The Morgan fingerprint density at radius 1 is 1.06 bits per heavy atom. The number of hydrogen-bond acceptors (Lipinski definition) is 4. The van der Waals surface area contributed by atoms with Gasteiger partial charge in [-0.15, -0.1) is 0 Å². The van der Waals surface area contributed by atoms with Gasteiger partial charge in [0.1, 0.15) is 0 Å². The van der Waals surface area contributed by atoms with Gasteiger partial charge in [-0.3, -0.25) is 4.79 Å². The molecule has 34 heavy (non-hydrogen) atoms. The molecule has 2 aromatic carbocycles. The minimum atomic E-state index is -0.0508. The van der Waals surface area contributed by atoms with Crippen molar-refractivity contribution >= 4 is 23.7 Å². The number of para-hydroxylation sites is 1. The topological polar surface area (TPSA) is 88.0 Å². The Morgan fingerprint density at radius 3 is 2.62 bits per heavy atom. The van der Waals surface area contributed by atoms with Gasteiger partial charge in [0.25, 0.3) is 0 Å². The van der Waals surface area contributed by atoms with Crippen molar-refractivity contribution < 1.29 is 9.59 Å². The molecule has 7 nitrogen and oxygen atoms in total. The number of aromatic nitrogens is 2. The number of unbranched alkanes of at least 4 members (excludes halogenated alkanes) is 1. The molecule has 2 saturated heterocycles. The highest BCUT2D eigenvalue weighted by Crippen LogP contribution is 2.33. The van der Waals surface area contributed by atoms with Crippen molar-refractivity contribution in [2.75, 3.05) is 5.75 Å². The molecule has 0 unspecified atom stereocenters. The second-order valence-electron chi connectivity index (χ2n) is 8.79. The summed E-state index contributed by atoms with van der Waals surface area (Å²) in [5.41, 5.74) is 3.88. The van der Waals surface area contributed by atoms with Crippen LogP contribution in [0.15, 0.2) is 66.9 Å². The Morgan fingerprint density at radius 2 is 1.82 bits per heavy atom. The van der Waals surface area contributed by atoms with Gasteiger partial charge in [-0.25, -0.2) is 9.48 Å². The number of carbonyl (C=O) groups excluding carboxylic acids is 2. The van der Waals surface area contributed by atoms with Crippen LogP contribution < -0.4 is 16.0 Å². The van der Waals surface area contributed by atoms with Gasteiger partial charge in [0.15, 0.2) is 0 Å². The molecule has 1 aromatic heterocycles. The molecule has 0 bridgehead atoms. The summed E-state index contributed by atoms with van der Waals surface area (Å²) in [6, 6.07) is 20.5. The van der Waals surface area contributed by atoms with E-state index in [2.05, 4.69) is 16.0 Å². The molecule has 3 heterocycles. The van der Waals surface area contributed by atoms with E-state index in [0.29, 0.717) is 18.2 Å². The minimum absolute atomic E-state index is 0.0508. The summed E-state index contributed by atoms with van der Waals surface area (Å²) >= 11 is 1.92. The Labute approximate surface area is 203 Å². The number of amides is 3. The number of fused-ring (bicyclic) bond motifs is 1. The molecular formula is C26H29N5O2S. The fourth-order valence-electron chi connectivity index (χ4n) is 4.65. The highest BCUT2D eigenvalue weighted by Gasteiger charge is 2.42. The van der Waals surface area contributed by atoms with E-state index in [9.17, 15) is 9.59 Å². The maximum absolute atomic E-state index is 12.6. The molecule has 2 aliphatic heterocycles. The lowest BCUT2D eigenvalue weighted by Crippen LogP contribution is -2.36. The maximum atomic E-state index is 12.6. The summed E-state index contributed by atoms with van der Waals surface area (Å²) in [5.74, 6) is 1.02. The lowest BCUT2D eigenvalue weighted by molar-refractivity contribution is -0.121. The quantitative estimate of drug-likeness (QED) is 0.324. The molecule has 0 spiro atoms. The summed E-state index contributed by atoms with van der Waals surface area (Å²) in [7, 11) is 0. The standard InChI is InChI=1S/C26H29N5O2S/c32-23(14-8-7-13-22-25-21(17-34-22)28-26(33)29-25)27-15-19-16-31(20-11-5-2-6-12-20)30-24(19)18-9-3-1-4-10-18/h1-6,9-12,16,21-22,25H,7-8,13-15,17H2,(H,27,32)(H2,28,29,33)/t21-,22-,25-/m0/s1. The number of carbonyl (C=O) groups is 2. The summed E-state index contributed by atoms with van der Waals surface area (Å²) in [6.45, 7) is 0.440. The fourth-order valence-corrected chi connectivity index (χ4v) is 6.19. The Hall–Kier alpha value is -3.26. The third kappa shape index (κ3) is 5.12. The smallest absolute Gasteiger partial charge is 0.315 e. The SMILES string of the molecule is O=C(CCCC[C@@H]1SC[C@@H]2NC(=O)N[C@@H]21)NCc1cn(-c2ccccc2)nc1-c1ccccc1.